The van der Waals surface area contributed by atoms with E-state index in [9.17, 15) is 14.7 Å². The van der Waals surface area contributed by atoms with Crippen LogP contribution < -0.4 is 0 Å². The van der Waals surface area contributed by atoms with Gasteiger partial charge in [0.15, 0.2) is 0 Å². The minimum atomic E-state index is -0.645. The fraction of sp³-hybridized carbons (Fsp3) is 0.625. The van der Waals surface area contributed by atoms with E-state index < -0.39 is 16.9 Å². The first-order chi connectivity index (χ1) is 9.87. The maximum Gasteiger partial charge on any atom is 0.331 e. The van der Waals surface area contributed by atoms with Gasteiger partial charge in [-0.25, -0.2) is 4.79 Å². The van der Waals surface area contributed by atoms with Crippen molar-refractivity contribution in [1.29, 1.82) is 0 Å². The lowest BCUT2D eigenvalue weighted by Crippen LogP contribution is -2.56. The monoisotopic (exact) mass is 290 g/mol. The summed E-state index contributed by atoms with van der Waals surface area (Å²) in [5.41, 5.74) is 0.434. The van der Waals surface area contributed by atoms with Crippen LogP contribution in [0, 0.1) is 16.7 Å². The Labute approximate surface area is 122 Å². The number of esters is 2. The fourth-order valence-electron chi connectivity index (χ4n) is 4.81. The van der Waals surface area contributed by atoms with Gasteiger partial charge in [0, 0.05) is 17.4 Å². The molecule has 1 unspecified atom stereocenters. The third kappa shape index (κ3) is 1.40. The zero-order valence-electron chi connectivity index (χ0n) is 12.1. The molecule has 5 atom stereocenters. The molecule has 5 nitrogen and oxygen atoms in total. The number of rotatable bonds is 0. The van der Waals surface area contributed by atoms with Gasteiger partial charge in [-0.05, 0) is 37.0 Å². The highest BCUT2D eigenvalue weighted by atomic mass is 16.6. The van der Waals surface area contributed by atoms with E-state index in [0.717, 1.165) is 11.1 Å². The summed E-state index contributed by atoms with van der Waals surface area (Å²) in [4.78, 5) is 24.0. The van der Waals surface area contributed by atoms with E-state index in [4.69, 9.17) is 9.47 Å². The number of carbonyl (C=O) groups is 2. The molecule has 0 aromatic carbocycles. The Morgan fingerprint density at radius 2 is 2.10 bits per heavy atom. The van der Waals surface area contributed by atoms with E-state index >= 15 is 0 Å². The number of hydrogen-bond acceptors (Lipinski definition) is 5. The number of hydrogen-bond donors (Lipinski definition) is 1. The average Bonchev–Trinajstić information content (AvgIpc) is 2.69. The van der Waals surface area contributed by atoms with Crippen molar-refractivity contribution in [3.8, 4) is 0 Å². The van der Waals surface area contributed by atoms with Crippen LogP contribution in [0.3, 0.4) is 0 Å². The normalized spacial score (nSPS) is 47.7. The molecule has 0 spiro atoms. The Balaban J connectivity index is 1.96. The van der Waals surface area contributed by atoms with Crippen molar-refractivity contribution in [1.82, 2.24) is 0 Å². The van der Waals surface area contributed by atoms with Crippen molar-refractivity contribution in [3.05, 3.63) is 23.3 Å². The van der Waals surface area contributed by atoms with Gasteiger partial charge >= 0.3 is 11.9 Å². The van der Waals surface area contributed by atoms with E-state index in [1.165, 1.54) is 6.08 Å². The Hall–Kier alpha value is -1.62. The van der Waals surface area contributed by atoms with Crippen LogP contribution in [0.4, 0.5) is 0 Å². The molecular weight excluding hydrogens is 272 g/mol. The summed E-state index contributed by atoms with van der Waals surface area (Å²) < 4.78 is 10.6. The van der Waals surface area contributed by atoms with Gasteiger partial charge in [0.05, 0.1) is 11.5 Å². The van der Waals surface area contributed by atoms with Crippen molar-refractivity contribution in [2.24, 2.45) is 16.7 Å². The Kier molecular flexibility index (Phi) is 2.35. The summed E-state index contributed by atoms with van der Waals surface area (Å²) in [5, 5.41) is 10.7. The van der Waals surface area contributed by atoms with E-state index in [1.807, 2.05) is 19.9 Å². The third-order valence-corrected chi connectivity index (χ3v) is 5.92. The van der Waals surface area contributed by atoms with Gasteiger partial charge in [0.2, 0.25) is 0 Å². The molecular formula is C16H18O5. The summed E-state index contributed by atoms with van der Waals surface area (Å²) in [6, 6.07) is 0. The second kappa shape index (κ2) is 3.77. The number of aliphatic hydroxyl groups excluding tert-OH is 1. The molecule has 4 rings (SSSR count). The topological polar surface area (TPSA) is 72.8 Å². The molecule has 0 aromatic heterocycles. The second-order valence-corrected chi connectivity index (χ2v) is 6.96. The highest BCUT2D eigenvalue weighted by Crippen LogP contribution is 2.63. The molecule has 0 radical (unpaired) electrons. The number of fused-ring (bicyclic) bond motifs is 2. The van der Waals surface area contributed by atoms with Crippen molar-refractivity contribution >= 4 is 11.9 Å². The average molecular weight is 290 g/mol. The van der Waals surface area contributed by atoms with Crippen LogP contribution in [-0.4, -0.2) is 35.9 Å². The van der Waals surface area contributed by atoms with Crippen LogP contribution in [0.15, 0.2) is 23.3 Å². The summed E-state index contributed by atoms with van der Waals surface area (Å²) >= 11 is 0. The molecule has 2 aliphatic carbocycles. The molecule has 0 bridgehead atoms. The molecule has 1 saturated carbocycles. The van der Waals surface area contributed by atoms with E-state index in [2.05, 4.69) is 0 Å². The zero-order chi connectivity index (χ0) is 15.0. The standard InChI is InChI=1S/C16H18O5/c1-15-4-3-11(17)16(2)9-6-12(18)20-7-8(9)5-10(13(15)16)21-14(15)19/h5-6,10-11,13,17H,3-4,7H2,1-2H3/t10-,11-,13?,15+,16+/m1/s1. The molecule has 4 aliphatic rings. The lowest BCUT2D eigenvalue weighted by atomic mass is 9.49. The van der Waals surface area contributed by atoms with E-state index in [1.54, 1.807) is 0 Å². The van der Waals surface area contributed by atoms with Gasteiger partial charge in [-0.3, -0.25) is 4.79 Å². The number of ether oxygens (including phenoxy) is 2. The minimum absolute atomic E-state index is 0.137. The number of aliphatic hydroxyl groups is 1. The predicted molar refractivity (Wildman–Crippen MR) is 71.9 cm³/mol. The molecule has 0 aromatic rings. The van der Waals surface area contributed by atoms with Crippen LogP contribution >= 0.6 is 0 Å². The summed E-state index contributed by atoms with van der Waals surface area (Å²) in [7, 11) is 0. The molecule has 1 saturated heterocycles. The quantitative estimate of drug-likeness (QED) is 0.677. The van der Waals surface area contributed by atoms with Crippen molar-refractivity contribution < 1.29 is 24.2 Å². The molecule has 2 aliphatic heterocycles. The summed E-state index contributed by atoms with van der Waals surface area (Å²) in [6.45, 7) is 4.06. The van der Waals surface area contributed by atoms with Gasteiger partial charge in [0.25, 0.3) is 0 Å². The van der Waals surface area contributed by atoms with Crippen molar-refractivity contribution in [2.45, 2.75) is 38.9 Å². The Morgan fingerprint density at radius 1 is 1.33 bits per heavy atom. The SMILES string of the molecule is C[C@@]12CC[C@@H](O)[C@]3(C)C4=CC(=O)OCC4=C[C@@H](OC1=O)C23. The summed E-state index contributed by atoms with van der Waals surface area (Å²) in [6.07, 6.45) is 3.59. The number of cyclic esters (lactones) is 1. The van der Waals surface area contributed by atoms with Gasteiger partial charge in [0.1, 0.15) is 12.7 Å². The molecule has 2 fully saturated rings. The fourth-order valence-corrected chi connectivity index (χ4v) is 4.81. The van der Waals surface area contributed by atoms with E-state index in [-0.39, 0.29) is 30.6 Å². The van der Waals surface area contributed by atoms with Crippen LogP contribution in [0.5, 0.6) is 0 Å². The van der Waals surface area contributed by atoms with Gasteiger partial charge in [-0.1, -0.05) is 6.92 Å². The maximum absolute atomic E-state index is 12.3. The van der Waals surface area contributed by atoms with Crippen LogP contribution in [0.2, 0.25) is 0 Å². The maximum atomic E-state index is 12.3. The van der Waals surface area contributed by atoms with Gasteiger partial charge in [-0.2, -0.15) is 0 Å². The van der Waals surface area contributed by atoms with E-state index in [0.29, 0.717) is 12.8 Å². The molecule has 21 heavy (non-hydrogen) atoms. The lowest BCUT2D eigenvalue weighted by molar-refractivity contribution is -0.149. The second-order valence-electron chi connectivity index (χ2n) is 6.96. The predicted octanol–water partition coefficient (Wildman–Crippen LogP) is 1.12. The highest BCUT2D eigenvalue weighted by molar-refractivity contribution is 5.87. The minimum Gasteiger partial charge on any atom is -0.458 e. The van der Waals surface area contributed by atoms with Gasteiger partial charge < -0.3 is 14.6 Å². The molecule has 2 heterocycles. The highest BCUT2D eigenvalue weighted by Gasteiger charge is 2.67. The van der Waals surface area contributed by atoms with Crippen LogP contribution in [0.1, 0.15) is 26.7 Å². The first kappa shape index (κ1) is 13.1. The molecule has 5 heteroatoms. The Bertz CT molecular complexity index is 618. The smallest absolute Gasteiger partial charge is 0.331 e. The number of carbonyl (C=O) groups excluding carboxylic acids is 2. The van der Waals surface area contributed by atoms with Crippen molar-refractivity contribution in [2.75, 3.05) is 6.61 Å². The molecule has 1 N–H and O–H groups in total. The largest absolute Gasteiger partial charge is 0.458 e. The molecule has 112 valence electrons. The molecule has 0 amide bonds. The summed E-state index contributed by atoms with van der Waals surface area (Å²) in [5.74, 6) is -0.715. The first-order valence-corrected chi connectivity index (χ1v) is 7.36. The lowest BCUT2D eigenvalue weighted by Gasteiger charge is -2.54. The van der Waals surface area contributed by atoms with Crippen LogP contribution in [-0.2, 0) is 19.1 Å². The third-order valence-electron chi connectivity index (χ3n) is 5.92. The van der Waals surface area contributed by atoms with Crippen molar-refractivity contribution in [3.63, 3.8) is 0 Å². The zero-order valence-corrected chi connectivity index (χ0v) is 12.1. The van der Waals surface area contributed by atoms with Crippen LogP contribution in [0.25, 0.3) is 0 Å². The first-order valence-electron chi connectivity index (χ1n) is 7.36. The Morgan fingerprint density at radius 3 is 2.86 bits per heavy atom. The van der Waals surface area contributed by atoms with Gasteiger partial charge in [-0.15, -0.1) is 0 Å².